The predicted octanol–water partition coefficient (Wildman–Crippen LogP) is 4.53. The van der Waals surface area contributed by atoms with Crippen molar-refractivity contribution in [2.45, 2.75) is 128 Å². The molecule has 0 spiro atoms. The van der Waals surface area contributed by atoms with Gasteiger partial charge in [-0.05, 0) is 66.7 Å². The van der Waals surface area contributed by atoms with Gasteiger partial charge in [-0.2, -0.15) is 0 Å². The van der Waals surface area contributed by atoms with Crippen molar-refractivity contribution in [1.82, 2.24) is 36.1 Å². The van der Waals surface area contributed by atoms with E-state index < -0.39 is 71.0 Å². The molecule has 6 rings (SSSR count). The van der Waals surface area contributed by atoms with Crippen LogP contribution in [0.3, 0.4) is 0 Å². The van der Waals surface area contributed by atoms with Crippen molar-refractivity contribution in [2.24, 2.45) is 11.3 Å². The second-order valence-corrected chi connectivity index (χ2v) is 17.1. The minimum atomic E-state index is -1.12. The van der Waals surface area contributed by atoms with E-state index in [1.807, 2.05) is 82.3 Å². The molecule has 0 bridgehead atoms. The number of carbonyl (C=O) groups excluding carboxylic acids is 6. The van der Waals surface area contributed by atoms with Crippen LogP contribution in [-0.2, 0) is 24.0 Å². The highest BCUT2D eigenvalue weighted by molar-refractivity contribution is 6.38. The lowest BCUT2D eigenvalue weighted by atomic mass is 9.82. The molecule has 2 heterocycles. The molecule has 1 saturated heterocycles. The van der Waals surface area contributed by atoms with E-state index in [4.69, 9.17) is 4.74 Å². The number of ether oxygens (including phenoxy) is 1. The summed E-state index contributed by atoms with van der Waals surface area (Å²) in [5.41, 5.74) is 1.16. The van der Waals surface area contributed by atoms with Gasteiger partial charge in [0.05, 0.1) is 18.8 Å². The Balaban J connectivity index is 1.26. The Morgan fingerprint density at radius 3 is 2.25 bits per heavy atom. The summed E-state index contributed by atoms with van der Waals surface area (Å²) in [6, 6.07) is 13.1. The fourth-order valence-corrected chi connectivity index (χ4v) is 7.96. The molecule has 314 valence electrons. The number of Topliss-reactive ketones (excluding diaryl/α,β-unsaturated/α-hetero) is 1. The first kappa shape index (κ1) is 42.9. The van der Waals surface area contributed by atoms with Crippen molar-refractivity contribution < 1.29 is 33.5 Å². The van der Waals surface area contributed by atoms with E-state index in [0.717, 1.165) is 56.1 Å². The maximum absolute atomic E-state index is 14.9. The number of rotatable bonds is 16. The summed E-state index contributed by atoms with van der Waals surface area (Å²) < 4.78 is 6.49. The van der Waals surface area contributed by atoms with Crippen LogP contribution in [0.1, 0.15) is 102 Å². The highest BCUT2D eigenvalue weighted by Gasteiger charge is 2.47. The van der Waals surface area contributed by atoms with Crippen LogP contribution in [0, 0.1) is 11.3 Å². The number of amides is 5. The maximum Gasteiger partial charge on any atom is 0.289 e. The zero-order valence-corrected chi connectivity index (χ0v) is 34.4. The standard InChI is InChI=1S/C45H57N7O7/c1-5-13-34(38(53)43(57)48-31-20-21-31)49-41(55)36-25-33(59-32-19-12-18-30(24-32)28-14-8-6-9-15-28)27-52(36)44(58)39(45(2,3)4)51-42(56)37(29-16-10-7-11-17-29)50-40(54)35-26-46-22-23-47-35/h6,8-9,12,14-15,18-19,22-24,26,29,31,33-34,36-37,39H,5,7,10-11,13,16-17,20-21,25,27H2,1-4H3,(H,48,57)(H,49,55)(H,50,54)(H,51,56)/t33-,34+,36+,37+,39-/m1/s1. The lowest BCUT2D eigenvalue weighted by Crippen LogP contribution is -2.62. The first-order chi connectivity index (χ1) is 28.3. The zero-order chi connectivity index (χ0) is 42.1. The third-order valence-electron chi connectivity index (χ3n) is 11.3. The lowest BCUT2D eigenvalue weighted by molar-refractivity contribution is -0.145. The summed E-state index contributed by atoms with van der Waals surface area (Å²) in [6.07, 6.45) is 10.3. The van der Waals surface area contributed by atoms with Gasteiger partial charge in [0.2, 0.25) is 23.5 Å². The molecule has 3 fully saturated rings. The molecule has 5 amide bonds. The fourth-order valence-electron chi connectivity index (χ4n) is 7.96. The normalized spacial score (nSPS) is 19.8. The van der Waals surface area contributed by atoms with Crippen LogP contribution >= 0.6 is 0 Å². The Morgan fingerprint density at radius 1 is 0.864 bits per heavy atom. The molecule has 2 aliphatic carbocycles. The van der Waals surface area contributed by atoms with Gasteiger partial charge in [-0.15, -0.1) is 0 Å². The molecule has 59 heavy (non-hydrogen) atoms. The van der Waals surface area contributed by atoms with Gasteiger partial charge in [-0.1, -0.05) is 95.8 Å². The number of carbonyl (C=O) groups is 6. The van der Waals surface area contributed by atoms with Gasteiger partial charge in [-0.3, -0.25) is 33.8 Å². The van der Waals surface area contributed by atoms with Crippen molar-refractivity contribution in [1.29, 1.82) is 0 Å². The predicted molar refractivity (Wildman–Crippen MR) is 221 cm³/mol. The number of ketones is 1. The molecule has 1 aromatic heterocycles. The van der Waals surface area contributed by atoms with E-state index in [-0.39, 0.29) is 37.0 Å². The molecule has 3 aromatic rings. The van der Waals surface area contributed by atoms with E-state index >= 15 is 0 Å². The van der Waals surface area contributed by atoms with Crippen LogP contribution in [0.2, 0.25) is 0 Å². The van der Waals surface area contributed by atoms with E-state index in [9.17, 15) is 28.8 Å². The van der Waals surface area contributed by atoms with E-state index in [2.05, 4.69) is 31.2 Å². The van der Waals surface area contributed by atoms with Crippen LogP contribution < -0.4 is 26.0 Å². The zero-order valence-electron chi connectivity index (χ0n) is 34.4. The Kier molecular flexibility index (Phi) is 14.1. The summed E-state index contributed by atoms with van der Waals surface area (Å²) >= 11 is 0. The minimum absolute atomic E-state index is 0.0129. The topological polar surface area (TPSA) is 189 Å². The number of likely N-dealkylation sites (tertiary alicyclic amines) is 1. The van der Waals surface area contributed by atoms with Crippen molar-refractivity contribution in [2.75, 3.05) is 6.54 Å². The van der Waals surface area contributed by atoms with Crippen molar-refractivity contribution in [3.05, 3.63) is 78.9 Å². The smallest absolute Gasteiger partial charge is 0.289 e. The molecule has 14 nitrogen and oxygen atoms in total. The summed E-state index contributed by atoms with van der Waals surface area (Å²) in [7, 11) is 0. The Morgan fingerprint density at radius 2 is 1.59 bits per heavy atom. The van der Waals surface area contributed by atoms with Crippen molar-refractivity contribution in [3.63, 3.8) is 0 Å². The van der Waals surface area contributed by atoms with Gasteiger partial charge < -0.3 is 30.9 Å². The average molecular weight is 808 g/mol. The average Bonchev–Trinajstić information content (AvgIpc) is 3.96. The largest absolute Gasteiger partial charge is 0.488 e. The van der Waals surface area contributed by atoms with Crippen LogP contribution in [0.25, 0.3) is 11.1 Å². The molecular formula is C45H57N7O7. The highest BCUT2D eigenvalue weighted by Crippen LogP contribution is 2.32. The quantitative estimate of drug-likeness (QED) is 0.151. The fraction of sp³-hybridized carbons (Fsp3) is 0.511. The second-order valence-electron chi connectivity index (χ2n) is 17.1. The summed E-state index contributed by atoms with van der Waals surface area (Å²) in [5.74, 6) is -3.24. The molecule has 2 saturated carbocycles. The Hall–Kier alpha value is -5.66. The number of hydrogen-bond donors (Lipinski definition) is 4. The number of nitrogens with zero attached hydrogens (tertiary/aromatic N) is 3. The lowest BCUT2D eigenvalue weighted by Gasteiger charge is -2.37. The molecule has 0 unspecified atom stereocenters. The second kappa shape index (κ2) is 19.4. The van der Waals surface area contributed by atoms with Gasteiger partial charge in [0.25, 0.3) is 11.8 Å². The Labute approximate surface area is 346 Å². The molecule has 5 atom stereocenters. The molecule has 0 radical (unpaired) electrons. The molecular weight excluding hydrogens is 751 g/mol. The summed E-state index contributed by atoms with van der Waals surface area (Å²) in [6.45, 7) is 7.35. The van der Waals surface area contributed by atoms with Gasteiger partial charge in [0.15, 0.2) is 0 Å². The summed E-state index contributed by atoms with van der Waals surface area (Å²) in [5, 5.41) is 11.4. The number of nitrogens with one attached hydrogen (secondary N) is 4. The van der Waals surface area contributed by atoms with E-state index in [1.54, 1.807) is 0 Å². The summed E-state index contributed by atoms with van der Waals surface area (Å²) in [4.78, 5) is 92.6. The number of aromatic nitrogens is 2. The molecule has 4 N–H and O–H groups in total. The van der Waals surface area contributed by atoms with E-state index in [0.29, 0.717) is 12.2 Å². The monoisotopic (exact) mass is 807 g/mol. The van der Waals surface area contributed by atoms with Gasteiger partial charge in [-0.25, -0.2) is 4.98 Å². The van der Waals surface area contributed by atoms with Gasteiger partial charge >= 0.3 is 0 Å². The third kappa shape index (κ3) is 11.3. The highest BCUT2D eigenvalue weighted by atomic mass is 16.5. The maximum atomic E-state index is 14.9. The third-order valence-corrected chi connectivity index (χ3v) is 11.3. The molecule has 3 aliphatic rings. The van der Waals surface area contributed by atoms with Crippen LogP contribution in [0.5, 0.6) is 5.75 Å². The van der Waals surface area contributed by atoms with Gasteiger partial charge in [0, 0.05) is 24.9 Å². The molecule has 1 aliphatic heterocycles. The van der Waals surface area contributed by atoms with Crippen molar-refractivity contribution >= 4 is 35.3 Å². The first-order valence-corrected chi connectivity index (χ1v) is 21.0. The van der Waals surface area contributed by atoms with Crippen LogP contribution in [0.4, 0.5) is 0 Å². The number of hydrogen-bond acceptors (Lipinski definition) is 9. The molecule has 2 aromatic carbocycles. The minimum Gasteiger partial charge on any atom is -0.488 e. The number of benzene rings is 2. The van der Waals surface area contributed by atoms with E-state index in [1.165, 1.54) is 23.5 Å². The molecule has 14 heteroatoms. The van der Waals surface area contributed by atoms with Gasteiger partial charge in [0.1, 0.15) is 35.7 Å². The first-order valence-electron chi connectivity index (χ1n) is 21.0. The van der Waals surface area contributed by atoms with Crippen LogP contribution in [-0.4, -0.2) is 93.0 Å². The van der Waals surface area contributed by atoms with Crippen LogP contribution in [0.15, 0.2) is 73.2 Å². The van der Waals surface area contributed by atoms with Crippen molar-refractivity contribution in [3.8, 4) is 16.9 Å². The SMILES string of the molecule is CCC[C@H](NC(=O)[C@@H]1C[C@@H](Oc2cccc(-c3ccccc3)c2)CN1C(=O)[C@@H](NC(=O)[C@@H](NC(=O)c1cnccn1)C1CCCCC1)C(C)(C)C)C(=O)C(=O)NC1CC1. The Bertz CT molecular complexity index is 1960.